The smallest absolute Gasteiger partial charge is 0.422 e. The molecule has 3 aromatic rings. The maximum Gasteiger partial charge on any atom is 0.422 e. The van der Waals surface area contributed by atoms with Crippen molar-refractivity contribution in [3.63, 3.8) is 0 Å². The number of hydrogen-bond acceptors (Lipinski definition) is 5. The van der Waals surface area contributed by atoms with E-state index in [1.165, 1.54) is 12.1 Å². The fraction of sp³-hybridized carbons (Fsp3) is 0.435. The molecule has 0 saturated heterocycles. The predicted octanol–water partition coefficient (Wildman–Crippen LogP) is 4.24. The molecule has 1 heterocycles. The van der Waals surface area contributed by atoms with Crippen LogP contribution in [-0.4, -0.2) is 44.3 Å². The van der Waals surface area contributed by atoms with Crippen LogP contribution in [0.1, 0.15) is 30.4 Å². The van der Waals surface area contributed by atoms with Gasteiger partial charge in [0.15, 0.2) is 6.61 Å². The third-order valence-electron chi connectivity index (χ3n) is 7.09. The minimum atomic E-state index is -4.45. The van der Waals surface area contributed by atoms with Crippen molar-refractivity contribution in [3.05, 3.63) is 71.6 Å². The molecule has 1 N–H and O–H groups in total. The number of halogens is 6. The molecule has 3 aliphatic rings. The van der Waals surface area contributed by atoms with Crippen LogP contribution in [-0.2, 0) is 17.6 Å². The predicted molar refractivity (Wildman–Crippen MR) is 109 cm³/mol. The lowest BCUT2D eigenvalue weighted by Gasteiger charge is -2.73. The number of rotatable bonds is 8. The summed E-state index contributed by atoms with van der Waals surface area (Å²) in [5, 5.41) is 22.0. The maximum atomic E-state index is 16.1. The number of nitrogens with zero attached hydrogens (tertiary/aromatic N) is 4. The van der Waals surface area contributed by atoms with Crippen molar-refractivity contribution in [1.82, 2.24) is 20.2 Å². The number of hydrogen-bond donors (Lipinski definition) is 1. The number of alkyl halides is 4. The Bertz CT molecular complexity index is 1200. The van der Waals surface area contributed by atoms with Gasteiger partial charge in [-0.3, -0.25) is 0 Å². The van der Waals surface area contributed by atoms with Crippen LogP contribution in [0.5, 0.6) is 5.75 Å². The number of aliphatic hydroxyl groups is 1. The third-order valence-corrected chi connectivity index (χ3v) is 7.09. The highest BCUT2D eigenvalue weighted by Crippen LogP contribution is 2.77. The van der Waals surface area contributed by atoms with E-state index in [9.17, 15) is 27.1 Å². The summed E-state index contributed by atoms with van der Waals surface area (Å²) in [4.78, 5) is 0. The summed E-state index contributed by atoms with van der Waals surface area (Å²) in [6.07, 6.45) is -4.15. The molecule has 12 heteroatoms. The summed E-state index contributed by atoms with van der Waals surface area (Å²) < 4.78 is 87.1. The standard InChI is InChI=1S/C23H20F6N4O2/c24-15-3-6-17(18(25)7-15)22(34,11-33-13-30-31-32-33)19(26)21-8-20(9-21,10-21)14-1-4-16(5-2-14)35-12-23(27,28)29/h1-7,13,19,34H,8-12H2/t19?,20?,21?,22-/m1/s1. The molecule has 1 unspecified atom stereocenters. The number of aromatic nitrogens is 4. The second-order valence-electron chi connectivity index (χ2n) is 9.52. The Labute approximate surface area is 195 Å². The fourth-order valence-electron chi connectivity index (χ4n) is 5.66. The molecule has 186 valence electrons. The van der Waals surface area contributed by atoms with Crippen molar-refractivity contribution in [1.29, 1.82) is 0 Å². The van der Waals surface area contributed by atoms with Gasteiger partial charge in [0.1, 0.15) is 35.5 Å². The summed E-state index contributed by atoms with van der Waals surface area (Å²) in [7, 11) is 0. The molecule has 35 heavy (non-hydrogen) atoms. The molecule has 2 aromatic carbocycles. The first kappa shape index (κ1) is 23.6. The first-order valence-corrected chi connectivity index (χ1v) is 10.8. The monoisotopic (exact) mass is 498 g/mol. The van der Waals surface area contributed by atoms with Crippen LogP contribution >= 0.6 is 0 Å². The molecule has 3 saturated carbocycles. The van der Waals surface area contributed by atoms with Gasteiger partial charge in [0.2, 0.25) is 0 Å². The zero-order valence-corrected chi connectivity index (χ0v) is 18.1. The van der Waals surface area contributed by atoms with Gasteiger partial charge in [0.05, 0.1) is 6.54 Å². The summed E-state index contributed by atoms with van der Waals surface area (Å²) in [6.45, 7) is -1.88. The topological polar surface area (TPSA) is 73.1 Å². The van der Waals surface area contributed by atoms with Gasteiger partial charge in [-0.25, -0.2) is 17.9 Å². The van der Waals surface area contributed by atoms with Crippen molar-refractivity contribution < 1.29 is 36.2 Å². The van der Waals surface area contributed by atoms with E-state index < -0.39 is 53.7 Å². The second-order valence-corrected chi connectivity index (χ2v) is 9.52. The summed E-state index contributed by atoms with van der Waals surface area (Å²) in [6, 6.07) is 8.71. The van der Waals surface area contributed by atoms with E-state index in [2.05, 4.69) is 15.5 Å². The van der Waals surface area contributed by atoms with Gasteiger partial charge >= 0.3 is 6.18 Å². The van der Waals surface area contributed by atoms with Gasteiger partial charge in [0.25, 0.3) is 0 Å². The minimum Gasteiger partial charge on any atom is -0.484 e. The average Bonchev–Trinajstić information content (AvgIpc) is 3.23. The molecule has 0 spiro atoms. The average molecular weight is 498 g/mol. The fourth-order valence-corrected chi connectivity index (χ4v) is 5.66. The molecule has 1 aromatic heterocycles. The van der Waals surface area contributed by atoms with E-state index in [1.807, 2.05) is 0 Å². The Balaban J connectivity index is 1.35. The second kappa shape index (κ2) is 7.94. The molecular formula is C23H20F6N4O2. The zero-order valence-electron chi connectivity index (χ0n) is 18.1. The van der Waals surface area contributed by atoms with Crippen LogP contribution in [0.15, 0.2) is 48.8 Å². The third kappa shape index (κ3) is 4.03. The van der Waals surface area contributed by atoms with E-state index in [4.69, 9.17) is 4.74 Å². The largest absolute Gasteiger partial charge is 0.484 e. The van der Waals surface area contributed by atoms with E-state index in [1.54, 1.807) is 12.1 Å². The minimum absolute atomic E-state index is 0.0679. The molecule has 0 radical (unpaired) electrons. The molecule has 0 aliphatic heterocycles. The first-order chi connectivity index (χ1) is 16.4. The van der Waals surface area contributed by atoms with Crippen LogP contribution in [0.4, 0.5) is 26.3 Å². The Morgan fingerprint density at radius 1 is 1.06 bits per heavy atom. The van der Waals surface area contributed by atoms with Crippen LogP contribution < -0.4 is 4.74 Å². The van der Waals surface area contributed by atoms with Crippen molar-refractivity contribution in [2.24, 2.45) is 5.41 Å². The van der Waals surface area contributed by atoms with E-state index in [-0.39, 0.29) is 11.2 Å². The normalized spacial score (nSPS) is 25.8. The lowest BCUT2D eigenvalue weighted by atomic mass is 9.31. The highest BCUT2D eigenvalue weighted by molar-refractivity contribution is 5.43. The van der Waals surface area contributed by atoms with Crippen LogP contribution in [0, 0.1) is 17.0 Å². The van der Waals surface area contributed by atoms with Gasteiger partial charge in [-0.05, 0) is 58.9 Å². The van der Waals surface area contributed by atoms with Gasteiger partial charge in [0, 0.05) is 17.0 Å². The zero-order chi connectivity index (χ0) is 25.1. The summed E-state index contributed by atoms with van der Waals surface area (Å²) in [5.74, 6) is -1.88. The number of ether oxygens (including phenoxy) is 1. The van der Waals surface area contributed by atoms with Gasteiger partial charge in [-0.15, -0.1) is 5.10 Å². The van der Waals surface area contributed by atoms with Crippen molar-refractivity contribution >= 4 is 0 Å². The van der Waals surface area contributed by atoms with Gasteiger partial charge in [-0.2, -0.15) is 13.2 Å². The molecule has 3 fully saturated rings. The van der Waals surface area contributed by atoms with Crippen molar-refractivity contribution in [3.8, 4) is 5.75 Å². The Morgan fingerprint density at radius 3 is 2.31 bits per heavy atom. The molecular weight excluding hydrogens is 478 g/mol. The Hall–Kier alpha value is -3.15. The van der Waals surface area contributed by atoms with Crippen LogP contribution in [0.25, 0.3) is 0 Å². The van der Waals surface area contributed by atoms with Crippen LogP contribution in [0.2, 0.25) is 0 Å². The maximum absolute atomic E-state index is 16.1. The molecule has 2 atom stereocenters. The highest BCUT2D eigenvalue weighted by Gasteiger charge is 2.74. The lowest BCUT2D eigenvalue weighted by Crippen LogP contribution is -2.71. The van der Waals surface area contributed by atoms with Gasteiger partial charge in [-0.1, -0.05) is 18.2 Å². The Kier molecular flexibility index (Phi) is 5.35. The molecule has 2 bridgehead atoms. The summed E-state index contributed by atoms with van der Waals surface area (Å²) >= 11 is 0. The SMILES string of the molecule is O[C@](Cn1cnnn1)(c1ccc(F)cc1F)C(F)C12CC(c3ccc(OCC(F)(F)F)cc3)(C1)C2. The molecule has 6 nitrogen and oxygen atoms in total. The summed E-state index contributed by atoms with van der Waals surface area (Å²) in [5.41, 5.74) is -3.27. The van der Waals surface area contributed by atoms with E-state index in [0.717, 1.165) is 28.7 Å². The van der Waals surface area contributed by atoms with Crippen LogP contribution in [0.3, 0.4) is 0 Å². The lowest BCUT2D eigenvalue weighted by molar-refractivity contribution is -0.240. The molecule has 0 amide bonds. The number of benzene rings is 2. The molecule has 6 rings (SSSR count). The van der Waals surface area contributed by atoms with Crippen molar-refractivity contribution in [2.45, 2.75) is 49.2 Å². The molecule has 3 aliphatic carbocycles. The quantitative estimate of drug-likeness (QED) is 0.471. The highest BCUT2D eigenvalue weighted by atomic mass is 19.4. The van der Waals surface area contributed by atoms with Gasteiger partial charge < -0.3 is 9.84 Å². The van der Waals surface area contributed by atoms with Crippen molar-refractivity contribution in [2.75, 3.05) is 6.61 Å². The Morgan fingerprint density at radius 2 is 1.74 bits per heavy atom. The van der Waals surface area contributed by atoms with E-state index in [0.29, 0.717) is 25.3 Å². The van der Waals surface area contributed by atoms with E-state index >= 15 is 4.39 Å². The first-order valence-electron chi connectivity index (χ1n) is 10.8. The number of tetrazole rings is 1.